The summed E-state index contributed by atoms with van der Waals surface area (Å²) in [7, 11) is 0. The van der Waals surface area contributed by atoms with Crippen LogP contribution in [0.15, 0.2) is 72.8 Å². The second-order valence-corrected chi connectivity index (χ2v) is 5.83. The van der Waals surface area contributed by atoms with Gasteiger partial charge in [0.1, 0.15) is 0 Å². The molecule has 0 aliphatic carbocycles. The van der Waals surface area contributed by atoms with Crippen LogP contribution < -0.4 is 0 Å². The summed E-state index contributed by atoms with van der Waals surface area (Å²) in [6, 6.07) is 25.2. The third-order valence-electron chi connectivity index (χ3n) is 4.46. The molecule has 23 heavy (non-hydrogen) atoms. The molecule has 1 aromatic heterocycles. The van der Waals surface area contributed by atoms with E-state index in [0.29, 0.717) is 0 Å². The molecular weight excluding hydrogens is 280 g/mol. The van der Waals surface area contributed by atoms with E-state index >= 15 is 0 Å². The Balaban J connectivity index is 1.96. The molecule has 2 nitrogen and oxygen atoms in total. The van der Waals surface area contributed by atoms with E-state index in [9.17, 15) is 0 Å². The predicted molar refractivity (Wildman–Crippen MR) is 96.0 cm³/mol. The molecule has 0 radical (unpaired) electrons. The summed E-state index contributed by atoms with van der Waals surface area (Å²) in [5.74, 6) is 0. The normalized spacial score (nSPS) is 11.0. The SMILES string of the molecule is Cc1c(-c2cccc3ccccc23)nn(-c2ccccc2)c1C. The molecule has 0 N–H and O–H groups in total. The molecule has 0 saturated carbocycles. The molecule has 0 saturated heterocycles. The minimum Gasteiger partial charge on any atom is -0.237 e. The predicted octanol–water partition coefficient (Wildman–Crippen LogP) is 5.31. The van der Waals surface area contributed by atoms with Gasteiger partial charge in [-0.15, -0.1) is 0 Å². The summed E-state index contributed by atoms with van der Waals surface area (Å²) < 4.78 is 2.03. The van der Waals surface area contributed by atoms with Crippen LogP contribution in [0.1, 0.15) is 11.3 Å². The van der Waals surface area contributed by atoms with Crippen molar-refractivity contribution in [2.75, 3.05) is 0 Å². The van der Waals surface area contributed by atoms with Gasteiger partial charge in [-0.2, -0.15) is 5.10 Å². The van der Waals surface area contributed by atoms with Crippen molar-refractivity contribution in [3.05, 3.63) is 84.1 Å². The average Bonchev–Trinajstić information content (AvgIpc) is 2.91. The van der Waals surface area contributed by atoms with E-state index < -0.39 is 0 Å². The molecule has 0 aliphatic heterocycles. The Bertz CT molecular complexity index is 976. The van der Waals surface area contributed by atoms with Crippen molar-refractivity contribution >= 4 is 10.8 Å². The second kappa shape index (κ2) is 5.40. The quantitative estimate of drug-likeness (QED) is 0.490. The zero-order chi connectivity index (χ0) is 15.8. The average molecular weight is 298 g/mol. The maximum absolute atomic E-state index is 4.92. The molecule has 3 aromatic carbocycles. The first kappa shape index (κ1) is 13.8. The Morgan fingerprint density at radius 1 is 0.739 bits per heavy atom. The Hall–Kier alpha value is -2.87. The fourth-order valence-electron chi connectivity index (χ4n) is 3.09. The molecule has 0 fully saturated rings. The highest BCUT2D eigenvalue weighted by atomic mass is 15.3. The van der Waals surface area contributed by atoms with Crippen molar-refractivity contribution in [2.45, 2.75) is 13.8 Å². The van der Waals surface area contributed by atoms with Gasteiger partial charge in [-0.3, -0.25) is 0 Å². The van der Waals surface area contributed by atoms with Gasteiger partial charge in [-0.1, -0.05) is 60.7 Å². The lowest BCUT2D eigenvalue weighted by molar-refractivity contribution is 0.849. The minimum absolute atomic E-state index is 1.06. The molecule has 4 rings (SSSR count). The fraction of sp³-hybridized carbons (Fsp3) is 0.0952. The smallest absolute Gasteiger partial charge is 0.0965 e. The molecule has 1 heterocycles. The van der Waals surface area contributed by atoms with Crippen molar-refractivity contribution in [2.24, 2.45) is 0 Å². The highest BCUT2D eigenvalue weighted by Crippen LogP contribution is 2.31. The summed E-state index contributed by atoms with van der Waals surface area (Å²) in [6.07, 6.45) is 0. The van der Waals surface area contributed by atoms with Gasteiger partial charge in [0, 0.05) is 11.3 Å². The molecule has 0 amide bonds. The van der Waals surface area contributed by atoms with Gasteiger partial charge in [0.2, 0.25) is 0 Å². The molecule has 0 atom stereocenters. The van der Waals surface area contributed by atoms with Gasteiger partial charge in [0.25, 0.3) is 0 Å². The largest absolute Gasteiger partial charge is 0.237 e. The summed E-state index contributed by atoms with van der Waals surface area (Å²) in [4.78, 5) is 0. The van der Waals surface area contributed by atoms with E-state index in [-0.39, 0.29) is 0 Å². The lowest BCUT2D eigenvalue weighted by Crippen LogP contribution is -1.98. The van der Waals surface area contributed by atoms with Crippen LogP contribution in [-0.4, -0.2) is 9.78 Å². The Morgan fingerprint density at radius 2 is 1.43 bits per heavy atom. The van der Waals surface area contributed by atoms with E-state index in [2.05, 4.69) is 68.4 Å². The molecule has 2 heteroatoms. The van der Waals surface area contributed by atoms with Crippen LogP contribution in [0.5, 0.6) is 0 Å². The highest BCUT2D eigenvalue weighted by molar-refractivity contribution is 5.96. The number of hydrogen-bond donors (Lipinski definition) is 0. The van der Waals surface area contributed by atoms with E-state index in [1.807, 2.05) is 22.9 Å². The standard InChI is InChI=1S/C21H18N2/c1-15-16(2)23(18-11-4-3-5-12-18)22-21(15)20-14-8-10-17-9-6-7-13-19(17)20/h3-14H,1-2H3. The molecule has 112 valence electrons. The number of fused-ring (bicyclic) bond motifs is 1. The first-order chi connectivity index (χ1) is 11.3. The van der Waals surface area contributed by atoms with Crippen LogP contribution in [0.3, 0.4) is 0 Å². The number of nitrogens with zero attached hydrogens (tertiary/aromatic N) is 2. The molecular formula is C21H18N2. The van der Waals surface area contributed by atoms with Crippen molar-refractivity contribution in [3.8, 4) is 16.9 Å². The van der Waals surface area contributed by atoms with E-state index in [4.69, 9.17) is 5.10 Å². The number of aromatic nitrogens is 2. The van der Waals surface area contributed by atoms with Crippen molar-refractivity contribution in [1.29, 1.82) is 0 Å². The third-order valence-corrected chi connectivity index (χ3v) is 4.46. The third kappa shape index (κ3) is 2.23. The van der Waals surface area contributed by atoms with Crippen LogP contribution in [0, 0.1) is 13.8 Å². The second-order valence-electron chi connectivity index (χ2n) is 5.83. The fourth-order valence-corrected chi connectivity index (χ4v) is 3.09. The Kier molecular flexibility index (Phi) is 3.23. The van der Waals surface area contributed by atoms with E-state index in [0.717, 1.165) is 11.4 Å². The van der Waals surface area contributed by atoms with Gasteiger partial charge in [-0.25, -0.2) is 4.68 Å². The van der Waals surface area contributed by atoms with Gasteiger partial charge in [0.05, 0.1) is 11.4 Å². The zero-order valence-electron chi connectivity index (χ0n) is 13.3. The van der Waals surface area contributed by atoms with Crippen LogP contribution in [0.25, 0.3) is 27.7 Å². The van der Waals surface area contributed by atoms with E-state index in [1.54, 1.807) is 0 Å². The number of hydrogen-bond acceptors (Lipinski definition) is 1. The summed E-state index contributed by atoms with van der Waals surface area (Å²) in [5.41, 5.74) is 5.76. The summed E-state index contributed by atoms with van der Waals surface area (Å²) in [5, 5.41) is 7.41. The minimum atomic E-state index is 1.06. The van der Waals surface area contributed by atoms with Crippen LogP contribution in [0.2, 0.25) is 0 Å². The molecule has 4 aromatic rings. The van der Waals surface area contributed by atoms with Gasteiger partial charge < -0.3 is 0 Å². The van der Waals surface area contributed by atoms with Crippen LogP contribution >= 0.6 is 0 Å². The number of benzene rings is 3. The van der Waals surface area contributed by atoms with Gasteiger partial charge in [-0.05, 0) is 42.3 Å². The zero-order valence-corrected chi connectivity index (χ0v) is 13.3. The lowest BCUT2D eigenvalue weighted by Gasteiger charge is -2.05. The van der Waals surface area contributed by atoms with Crippen molar-refractivity contribution in [1.82, 2.24) is 9.78 Å². The summed E-state index contributed by atoms with van der Waals surface area (Å²) in [6.45, 7) is 4.28. The van der Waals surface area contributed by atoms with Crippen LogP contribution in [-0.2, 0) is 0 Å². The Labute approximate surface area is 136 Å². The Morgan fingerprint density at radius 3 is 2.26 bits per heavy atom. The van der Waals surface area contributed by atoms with Crippen molar-refractivity contribution < 1.29 is 0 Å². The topological polar surface area (TPSA) is 17.8 Å². The highest BCUT2D eigenvalue weighted by Gasteiger charge is 2.15. The number of rotatable bonds is 2. The lowest BCUT2D eigenvalue weighted by atomic mass is 10.00. The molecule has 0 spiro atoms. The molecule has 0 bridgehead atoms. The molecule has 0 aliphatic rings. The monoisotopic (exact) mass is 298 g/mol. The first-order valence-corrected chi connectivity index (χ1v) is 7.85. The van der Waals surface area contributed by atoms with Gasteiger partial charge in [0.15, 0.2) is 0 Å². The van der Waals surface area contributed by atoms with E-state index in [1.165, 1.54) is 27.6 Å². The first-order valence-electron chi connectivity index (χ1n) is 7.85. The summed E-state index contributed by atoms with van der Waals surface area (Å²) >= 11 is 0. The number of para-hydroxylation sites is 1. The maximum atomic E-state index is 4.92. The van der Waals surface area contributed by atoms with Gasteiger partial charge >= 0.3 is 0 Å². The van der Waals surface area contributed by atoms with Crippen LogP contribution in [0.4, 0.5) is 0 Å². The van der Waals surface area contributed by atoms with Crippen molar-refractivity contribution in [3.63, 3.8) is 0 Å². The maximum Gasteiger partial charge on any atom is 0.0965 e. The molecule has 0 unspecified atom stereocenters.